The van der Waals surface area contributed by atoms with Crippen molar-refractivity contribution in [3.63, 3.8) is 0 Å². The topological polar surface area (TPSA) is 12.0 Å². The second-order valence-corrected chi connectivity index (χ2v) is 4.29. The number of benzene rings is 1. The summed E-state index contributed by atoms with van der Waals surface area (Å²) in [4.78, 5) is 0. The summed E-state index contributed by atoms with van der Waals surface area (Å²) in [5, 5.41) is 3.43. The molecule has 0 amide bonds. The van der Waals surface area contributed by atoms with E-state index >= 15 is 0 Å². The minimum Gasteiger partial charge on any atom is -0.319 e. The summed E-state index contributed by atoms with van der Waals surface area (Å²) in [5.74, 6) is -0.313. The molecule has 2 rings (SSSR count). The molecular weight excluding hydrogens is 201 g/mol. The van der Waals surface area contributed by atoms with Crippen LogP contribution in [0.2, 0.25) is 5.02 Å². The molecule has 14 heavy (non-hydrogen) atoms. The van der Waals surface area contributed by atoms with E-state index in [1.165, 1.54) is 6.07 Å². The van der Waals surface area contributed by atoms with Gasteiger partial charge in [0.1, 0.15) is 5.82 Å². The van der Waals surface area contributed by atoms with Gasteiger partial charge >= 0.3 is 0 Å². The minimum absolute atomic E-state index is 0.0912. The van der Waals surface area contributed by atoms with E-state index in [2.05, 4.69) is 5.32 Å². The van der Waals surface area contributed by atoms with Crippen LogP contribution in [0.25, 0.3) is 0 Å². The fourth-order valence-corrected chi connectivity index (χ4v) is 2.27. The lowest BCUT2D eigenvalue weighted by molar-refractivity contribution is 0.599. The van der Waals surface area contributed by atoms with Crippen LogP contribution < -0.4 is 5.32 Å². The van der Waals surface area contributed by atoms with Crippen LogP contribution in [-0.2, 0) is 5.41 Å². The normalized spacial score (nSPS) is 18.2. The molecule has 1 N–H and O–H groups in total. The van der Waals surface area contributed by atoms with Crippen molar-refractivity contribution in [3.05, 3.63) is 34.6 Å². The van der Waals surface area contributed by atoms with Crippen LogP contribution in [0.4, 0.5) is 4.39 Å². The first-order chi connectivity index (χ1) is 6.69. The Kier molecular flexibility index (Phi) is 2.50. The van der Waals surface area contributed by atoms with Gasteiger partial charge in [0.15, 0.2) is 0 Å². The Morgan fingerprint density at radius 3 is 2.79 bits per heavy atom. The van der Waals surface area contributed by atoms with Crippen LogP contribution in [0.1, 0.15) is 18.4 Å². The first kappa shape index (κ1) is 9.94. The summed E-state index contributed by atoms with van der Waals surface area (Å²) >= 11 is 5.95. The van der Waals surface area contributed by atoms with E-state index in [-0.39, 0.29) is 11.2 Å². The van der Waals surface area contributed by atoms with Gasteiger partial charge in [0.05, 0.1) is 5.02 Å². The lowest BCUT2D eigenvalue weighted by Crippen LogP contribution is -2.24. The molecule has 0 heterocycles. The Labute approximate surface area is 88.3 Å². The molecule has 1 aliphatic carbocycles. The predicted molar refractivity (Wildman–Crippen MR) is 56.2 cm³/mol. The largest absolute Gasteiger partial charge is 0.319 e. The maximum Gasteiger partial charge on any atom is 0.142 e. The SMILES string of the molecule is CNCC1(c2cccc(F)c2Cl)CC1. The number of halogens is 2. The average Bonchev–Trinajstić information content (AvgIpc) is 2.91. The van der Waals surface area contributed by atoms with Gasteiger partial charge in [0.25, 0.3) is 0 Å². The zero-order chi connectivity index (χ0) is 10.2. The number of hydrogen-bond donors (Lipinski definition) is 1. The highest BCUT2D eigenvalue weighted by Gasteiger charge is 2.45. The lowest BCUT2D eigenvalue weighted by atomic mass is 9.96. The molecule has 1 nitrogen and oxygen atoms in total. The van der Waals surface area contributed by atoms with Crippen molar-refractivity contribution >= 4 is 11.6 Å². The van der Waals surface area contributed by atoms with Crippen molar-refractivity contribution in [3.8, 4) is 0 Å². The molecule has 0 atom stereocenters. The van der Waals surface area contributed by atoms with Gasteiger partial charge in [-0.1, -0.05) is 23.7 Å². The van der Waals surface area contributed by atoms with Crippen molar-refractivity contribution in [1.29, 1.82) is 0 Å². The number of nitrogens with one attached hydrogen (secondary N) is 1. The number of likely N-dealkylation sites (N-methyl/N-ethyl adjacent to an activating group) is 1. The fourth-order valence-electron chi connectivity index (χ4n) is 1.94. The molecule has 1 saturated carbocycles. The third kappa shape index (κ3) is 1.53. The summed E-state index contributed by atoms with van der Waals surface area (Å²) in [6, 6.07) is 5.06. The standard InChI is InChI=1S/C11H13ClFN/c1-14-7-11(5-6-11)8-3-2-4-9(13)10(8)12/h2-4,14H,5-7H2,1H3. The molecule has 0 unspecified atom stereocenters. The van der Waals surface area contributed by atoms with Gasteiger partial charge in [0, 0.05) is 12.0 Å². The number of rotatable bonds is 3. The second kappa shape index (κ2) is 3.52. The molecule has 76 valence electrons. The van der Waals surface area contributed by atoms with Crippen LogP contribution in [0.15, 0.2) is 18.2 Å². The van der Waals surface area contributed by atoms with Crippen molar-refractivity contribution in [2.24, 2.45) is 0 Å². The molecule has 0 spiro atoms. The van der Waals surface area contributed by atoms with Crippen LogP contribution in [0.5, 0.6) is 0 Å². The van der Waals surface area contributed by atoms with E-state index in [4.69, 9.17) is 11.6 Å². The van der Waals surface area contributed by atoms with E-state index in [1.54, 1.807) is 6.07 Å². The van der Waals surface area contributed by atoms with Crippen molar-refractivity contribution < 1.29 is 4.39 Å². The Bertz CT molecular complexity index is 347. The molecule has 0 aromatic heterocycles. The Morgan fingerprint density at radius 2 is 2.21 bits per heavy atom. The van der Waals surface area contributed by atoms with Gasteiger partial charge in [-0.15, -0.1) is 0 Å². The van der Waals surface area contributed by atoms with Crippen molar-refractivity contribution in [2.75, 3.05) is 13.6 Å². The molecule has 1 aliphatic rings. The molecule has 3 heteroatoms. The van der Waals surface area contributed by atoms with Gasteiger partial charge in [-0.3, -0.25) is 0 Å². The Hall–Kier alpha value is -0.600. The third-order valence-corrected chi connectivity index (χ3v) is 3.28. The maximum absolute atomic E-state index is 13.2. The molecule has 1 aromatic rings. The van der Waals surface area contributed by atoms with Crippen molar-refractivity contribution in [2.45, 2.75) is 18.3 Å². The zero-order valence-electron chi connectivity index (χ0n) is 8.11. The van der Waals surface area contributed by atoms with Crippen molar-refractivity contribution in [1.82, 2.24) is 5.32 Å². The van der Waals surface area contributed by atoms with Gasteiger partial charge in [-0.05, 0) is 31.5 Å². The highest BCUT2D eigenvalue weighted by molar-refractivity contribution is 6.31. The maximum atomic E-state index is 13.2. The summed E-state index contributed by atoms with van der Waals surface area (Å²) < 4.78 is 13.2. The zero-order valence-corrected chi connectivity index (χ0v) is 8.87. The highest BCUT2D eigenvalue weighted by atomic mass is 35.5. The lowest BCUT2D eigenvalue weighted by Gasteiger charge is -2.16. The van der Waals surface area contributed by atoms with Gasteiger partial charge < -0.3 is 5.32 Å². The molecule has 0 bridgehead atoms. The Morgan fingerprint density at radius 1 is 1.50 bits per heavy atom. The fraction of sp³-hybridized carbons (Fsp3) is 0.455. The second-order valence-electron chi connectivity index (χ2n) is 3.91. The smallest absolute Gasteiger partial charge is 0.142 e. The molecule has 0 aliphatic heterocycles. The van der Waals surface area contributed by atoms with E-state index < -0.39 is 0 Å². The van der Waals surface area contributed by atoms with Crippen LogP contribution >= 0.6 is 11.6 Å². The Balaban J connectivity index is 2.37. The summed E-state index contributed by atoms with van der Waals surface area (Å²) in [6.07, 6.45) is 2.19. The monoisotopic (exact) mass is 213 g/mol. The van der Waals surface area contributed by atoms with Crippen LogP contribution in [0.3, 0.4) is 0 Å². The van der Waals surface area contributed by atoms with Crippen LogP contribution in [0, 0.1) is 5.82 Å². The predicted octanol–water partition coefficient (Wildman–Crippen LogP) is 2.73. The summed E-state index contributed by atoms with van der Waals surface area (Å²) in [7, 11) is 1.91. The first-order valence-electron chi connectivity index (χ1n) is 4.79. The van der Waals surface area contributed by atoms with E-state index in [9.17, 15) is 4.39 Å². The van der Waals surface area contributed by atoms with Gasteiger partial charge in [-0.2, -0.15) is 0 Å². The molecular formula is C11H13ClFN. The van der Waals surface area contributed by atoms with E-state index in [0.717, 1.165) is 24.9 Å². The minimum atomic E-state index is -0.313. The van der Waals surface area contributed by atoms with E-state index in [1.807, 2.05) is 13.1 Å². The molecule has 0 saturated heterocycles. The van der Waals surface area contributed by atoms with Crippen LogP contribution in [-0.4, -0.2) is 13.6 Å². The van der Waals surface area contributed by atoms with Gasteiger partial charge in [0.2, 0.25) is 0 Å². The molecule has 1 fully saturated rings. The number of hydrogen-bond acceptors (Lipinski definition) is 1. The highest BCUT2D eigenvalue weighted by Crippen LogP contribution is 2.50. The quantitative estimate of drug-likeness (QED) is 0.814. The average molecular weight is 214 g/mol. The molecule has 1 aromatic carbocycles. The summed E-state index contributed by atoms with van der Waals surface area (Å²) in [6.45, 7) is 0.871. The molecule has 0 radical (unpaired) electrons. The van der Waals surface area contributed by atoms with Gasteiger partial charge in [-0.25, -0.2) is 4.39 Å². The van der Waals surface area contributed by atoms with E-state index in [0.29, 0.717) is 5.02 Å². The third-order valence-electron chi connectivity index (χ3n) is 2.89. The summed E-state index contributed by atoms with van der Waals surface area (Å²) in [5.41, 5.74) is 1.04. The first-order valence-corrected chi connectivity index (χ1v) is 5.16.